The summed E-state index contributed by atoms with van der Waals surface area (Å²) >= 11 is 0. The lowest BCUT2D eigenvalue weighted by Gasteiger charge is -2.29. The van der Waals surface area contributed by atoms with Gasteiger partial charge in [-0.05, 0) is 44.4 Å². The highest BCUT2D eigenvalue weighted by atomic mass is 15.2. The van der Waals surface area contributed by atoms with E-state index in [0.717, 1.165) is 53.7 Å². The predicted molar refractivity (Wildman–Crippen MR) is 104 cm³/mol. The molecular formula is C22H22N4. The van der Waals surface area contributed by atoms with Gasteiger partial charge in [0.25, 0.3) is 0 Å². The maximum atomic E-state index is 5.05. The zero-order valence-electron chi connectivity index (χ0n) is 15.1. The molecule has 1 aliphatic carbocycles. The zero-order valence-corrected chi connectivity index (χ0v) is 15.1. The molecule has 26 heavy (non-hydrogen) atoms. The van der Waals surface area contributed by atoms with Gasteiger partial charge in [-0.15, -0.1) is 0 Å². The standard InChI is InChI=1S/C22H22N4/c1-15-7-5-8-16(13-15)21-24-20-17-9-6-10-23-19(17)14-18(20)22(25-21)26-11-3-2-4-12-26/h5-10,13H,2-4,11-12,14H2,1H3. The van der Waals surface area contributed by atoms with Crippen molar-refractivity contribution in [1.82, 2.24) is 15.0 Å². The summed E-state index contributed by atoms with van der Waals surface area (Å²) in [7, 11) is 0. The minimum absolute atomic E-state index is 0.824. The Morgan fingerprint density at radius 1 is 0.962 bits per heavy atom. The Morgan fingerprint density at radius 2 is 1.85 bits per heavy atom. The van der Waals surface area contributed by atoms with E-state index in [0.29, 0.717) is 0 Å². The van der Waals surface area contributed by atoms with Gasteiger partial charge in [0, 0.05) is 42.4 Å². The first-order valence-electron chi connectivity index (χ1n) is 9.47. The van der Waals surface area contributed by atoms with Crippen LogP contribution in [0.5, 0.6) is 0 Å². The molecule has 3 heterocycles. The van der Waals surface area contributed by atoms with Crippen molar-refractivity contribution in [3.8, 4) is 22.6 Å². The maximum absolute atomic E-state index is 5.05. The van der Waals surface area contributed by atoms with Crippen molar-refractivity contribution in [2.75, 3.05) is 18.0 Å². The van der Waals surface area contributed by atoms with Crippen LogP contribution in [0.15, 0.2) is 42.6 Å². The van der Waals surface area contributed by atoms with Gasteiger partial charge in [0.2, 0.25) is 0 Å². The second-order valence-corrected chi connectivity index (χ2v) is 7.29. The molecule has 4 heteroatoms. The van der Waals surface area contributed by atoms with Crippen molar-refractivity contribution in [1.29, 1.82) is 0 Å². The van der Waals surface area contributed by atoms with Gasteiger partial charge in [-0.2, -0.15) is 0 Å². The highest BCUT2D eigenvalue weighted by molar-refractivity contribution is 5.79. The van der Waals surface area contributed by atoms with E-state index in [9.17, 15) is 0 Å². The van der Waals surface area contributed by atoms with E-state index < -0.39 is 0 Å². The lowest BCUT2D eigenvalue weighted by molar-refractivity contribution is 0.572. The molecule has 1 aliphatic heterocycles. The molecule has 0 unspecified atom stereocenters. The lowest BCUT2D eigenvalue weighted by Crippen LogP contribution is -2.31. The fourth-order valence-corrected chi connectivity index (χ4v) is 4.10. The molecule has 5 rings (SSSR count). The first-order chi connectivity index (χ1) is 12.8. The summed E-state index contributed by atoms with van der Waals surface area (Å²) in [5.74, 6) is 1.94. The quantitative estimate of drug-likeness (QED) is 0.541. The molecule has 2 aliphatic rings. The maximum Gasteiger partial charge on any atom is 0.162 e. The number of hydrogen-bond acceptors (Lipinski definition) is 4. The Bertz CT molecular complexity index is 974. The van der Waals surface area contributed by atoms with Crippen LogP contribution >= 0.6 is 0 Å². The highest BCUT2D eigenvalue weighted by Gasteiger charge is 2.28. The van der Waals surface area contributed by atoms with Gasteiger partial charge in [0.15, 0.2) is 5.82 Å². The van der Waals surface area contributed by atoms with Crippen molar-refractivity contribution in [2.24, 2.45) is 0 Å². The molecule has 0 radical (unpaired) electrons. The van der Waals surface area contributed by atoms with Crippen molar-refractivity contribution in [3.05, 3.63) is 59.4 Å². The lowest BCUT2D eigenvalue weighted by atomic mass is 10.1. The number of pyridine rings is 1. The summed E-state index contributed by atoms with van der Waals surface area (Å²) in [5.41, 5.74) is 6.92. The van der Waals surface area contributed by atoms with E-state index in [4.69, 9.17) is 9.97 Å². The molecule has 1 fully saturated rings. The monoisotopic (exact) mass is 342 g/mol. The van der Waals surface area contributed by atoms with Gasteiger partial charge in [-0.25, -0.2) is 9.97 Å². The van der Waals surface area contributed by atoms with Gasteiger partial charge in [-0.1, -0.05) is 23.8 Å². The number of nitrogens with zero attached hydrogens (tertiary/aromatic N) is 4. The molecule has 4 nitrogen and oxygen atoms in total. The molecule has 3 aromatic rings. The first kappa shape index (κ1) is 15.5. The van der Waals surface area contributed by atoms with Crippen LogP contribution in [-0.4, -0.2) is 28.0 Å². The molecule has 0 bridgehead atoms. The van der Waals surface area contributed by atoms with Crippen LogP contribution in [0.1, 0.15) is 36.1 Å². The summed E-state index contributed by atoms with van der Waals surface area (Å²) in [6, 6.07) is 12.6. The summed E-state index contributed by atoms with van der Waals surface area (Å²) < 4.78 is 0. The molecule has 0 N–H and O–H groups in total. The number of benzene rings is 1. The van der Waals surface area contributed by atoms with Crippen LogP contribution in [0.4, 0.5) is 5.82 Å². The van der Waals surface area contributed by atoms with Crippen LogP contribution in [0.2, 0.25) is 0 Å². The van der Waals surface area contributed by atoms with E-state index in [2.05, 4.69) is 47.1 Å². The fourth-order valence-electron chi connectivity index (χ4n) is 4.10. The third-order valence-corrected chi connectivity index (χ3v) is 5.41. The van der Waals surface area contributed by atoms with E-state index in [1.807, 2.05) is 12.3 Å². The van der Waals surface area contributed by atoms with Crippen LogP contribution in [-0.2, 0) is 6.42 Å². The third-order valence-electron chi connectivity index (χ3n) is 5.41. The topological polar surface area (TPSA) is 41.9 Å². The number of aryl methyl sites for hydroxylation is 1. The molecular weight excluding hydrogens is 320 g/mol. The number of aromatic nitrogens is 3. The fraction of sp³-hybridized carbons (Fsp3) is 0.318. The largest absolute Gasteiger partial charge is 0.356 e. The average molecular weight is 342 g/mol. The summed E-state index contributed by atoms with van der Waals surface area (Å²) in [6.45, 7) is 4.28. The Hall–Kier alpha value is -2.75. The van der Waals surface area contributed by atoms with E-state index in [-0.39, 0.29) is 0 Å². The SMILES string of the molecule is Cc1cccc(-c2nc3c(c(N4CCCCC4)n2)Cc2ncccc2-3)c1. The van der Waals surface area contributed by atoms with Gasteiger partial charge < -0.3 is 4.90 Å². The second-order valence-electron chi connectivity index (χ2n) is 7.29. The van der Waals surface area contributed by atoms with Crippen molar-refractivity contribution >= 4 is 5.82 Å². The average Bonchev–Trinajstić information content (AvgIpc) is 3.06. The summed E-state index contributed by atoms with van der Waals surface area (Å²) in [5, 5.41) is 0. The molecule has 0 atom stereocenters. The second kappa shape index (κ2) is 6.20. The van der Waals surface area contributed by atoms with E-state index in [1.54, 1.807) is 0 Å². The predicted octanol–water partition coefficient (Wildman–Crippen LogP) is 4.41. The molecule has 0 saturated carbocycles. The van der Waals surface area contributed by atoms with Crippen molar-refractivity contribution in [3.63, 3.8) is 0 Å². The number of fused-ring (bicyclic) bond motifs is 3. The Balaban J connectivity index is 1.71. The number of anilines is 1. The minimum atomic E-state index is 0.824. The Kier molecular flexibility index (Phi) is 3.70. The Labute approximate surface area is 154 Å². The van der Waals surface area contributed by atoms with Gasteiger partial charge in [-0.3, -0.25) is 4.98 Å². The van der Waals surface area contributed by atoms with Crippen molar-refractivity contribution < 1.29 is 0 Å². The molecule has 1 aromatic carbocycles. The first-order valence-corrected chi connectivity index (χ1v) is 9.47. The zero-order chi connectivity index (χ0) is 17.5. The van der Waals surface area contributed by atoms with Crippen molar-refractivity contribution in [2.45, 2.75) is 32.6 Å². The smallest absolute Gasteiger partial charge is 0.162 e. The van der Waals surface area contributed by atoms with E-state index in [1.165, 1.54) is 30.4 Å². The normalized spacial score (nSPS) is 15.7. The molecule has 1 saturated heterocycles. The Morgan fingerprint density at radius 3 is 2.69 bits per heavy atom. The number of piperidine rings is 1. The summed E-state index contributed by atoms with van der Waals surface area (Å²) in [4.78, 5) is 17.1. The minimum Gasteiger partial charge on any atom is -0.356 e. The van der Waals surface area contributed by atoms with E-state index >= 15 is 0 Å². The summed E-state index contributed by atoms with van der Waals surface area (Å²) in [6.07, 6.45) is 6.51. The van der Waals surface area contributed by atoms with Gasteiger partial charge in [0.1, 0.15) is 5.82 Å². The number of hydrogen-bond donors (Lipinski definition) is 0. The molecule has 2 aromatic heterocycles. The van der Waals surface area contributed by atoms with Crippen LogP contribution in [0, 0.1) is 6.92 Å². The van der Waals surface area contributed by atoms with Crippen LogP contribution in [0.25, 0.3) is 22.6 Å². The highest BCUT2D eigenvalue weighted by Crippen LogP contribution is 2.40. The molecule has 0 amide bonds. The molecule has 0 spiro atoms. The third kappa shape index (κ3) is 2.57. The van der Waals surface area contributed by atoms with Gasteiger partial charge >= 0.3 is 0 Å². The van der Waals surface area contributed by atoms with Crippen LogP contribution in [0.3, 0.4) is 0 Å². The van der Waals surface area contributed by atoms with Gasteiger partial charge in [0.05, 0.1) is 11.4 Å². The molecule has 130 valence electrons. The number of rotatable bonds is 2. The van der Waals surface area contributed by atoms with Crippen LogP contribution < -0.4 is 4.90 Å².